The van der Waals surface area contributed by atoms with Crippen LogP contribution >= 0.6 is 0 Å². The second-order valence-electron chi connectivity index (χ2n) is 9.87. The summed E-state index contributed by atoms with van der Waals surface area (Å²) < 4.78 is 0. The van der Waals surface area contributed by atoms with E-state index in [-0.39, 0.29) is 17.6 Å². The molecule has 0 saturated carbocycles. The molecule has 38 heavy (non-hydrogen) atoms. The van der Waals surface area contributed by atoms with E-state index in [0.717, 1.165) is 52.2 Å². The lowest BCUT2D eigenvalue weighted by atomic mass is 10.0. The molecule has 4 N–H and O–H groups in total. The van der Waals surface area contributed by atoms with Gasteiger partial charge in [-0.15, -0.1) is 0 Å². The fourth-order valence-electron chi connectivity index (χ4n) is 4.93. The van der Waals surface area contributed by atoms with E-state index < -0.39 is 6.04 Å². The van der Waals surface area contributed by atoms with Crippen LogP contribution in [0.3, 0.4) is 0 Å². The average Bonchev–Trinajstić information content (AvgIpc) is 3.55. The minimum Gasteiger partial charge on any atom is -0.361 e. The first-order valence-corrected chi connectivity index (χ1v) is 13.7. The molecule has 0 spiro atoms. The Morgan fingerprint density at radius 1 is 0.789 bits per heavy atom. The first kappa shape index (κ1) is 27.2. The highest BCUT2D eigenvalue weighted by molar-refractivity contribution is 5.88. The molecule has 0 fully saturated rings. The quantitative estimate of drug-likeness (QED) is 0.161. The Labute approximate surface area is 223 Å². The number of para-hydroxylation sites is 2. The number of fused-ring (bicyclic) bond motifs is 2. The molecule has 0 aliphatic carbocycles. The van der Waals surface area contributed by atoms with Crippen molar-refractivity contribution in [3.8, 4) is 0 Å². The van der Waals surface area contributed by atoms with Crippen molar-refractivity contribution in [1.29, 1.82) is 0 Å². The van der Waals surface area contributed by atoms with E-state index in [9.17, 15) is 14.4 Å². The van der Waals surface area contributed by atoms with E-state index in [0.29, 0.717) is 45.1 Å². The van der Waals surface area contributed by atoms with Gasteiger partial charge in [0.25, 0.3) is 0 Å². The van der Waals surface area contributed by atoms with Gasteiger partial charge in [-0.05, 0) is 48.9 Å². The highest BCUT2D eigenvalue weighted by Crippen LogP contribution is 2.19. The lowest BCUT2D eigenvalue weighted by Crippen LogP contribution is -2.47. The summed E-state index contributed by atoms with van der Waals surface area (Å²) in [6.45, 7) is 2.37. The fourth-order valence-corrected chi connectivity index (χ4v) is 4.93. The first-order chi connectivity index (χ1) is 18.5. The maximum Gasteiger partial charge on any atom is 0.242 e. The molecule has 2 heterocycles. The molecular formula is C31H38N4O3. The van der Waals surface area contributed by atoms with Crippen LogP contribution in [-0.4, -0.2) is 40.2 Å². The Hall–Kier alpha value is -3.87. The number of Topliss-reactive ketones (excluding diaryl/α,β-unsaturated/α-hetero) is 1. The van der Waals surface area contributed by atoms with Gasteiger partial charge in [-0.25, -0.2) is 0 Å². The smallest absolute Gasteiger partial charge is 0.242 e. The second-order valence-corrected chi connectivity index (χ2v) is 9.87. The first-order valence-electron chi connectivity index (χ1n) is 13.7. The third-order valence-corrected chi connectivity index (χ3v) is 7.16. The van der Waals surface area contributed by atoms with Crippen molar-refractivity contribution in [3.63, 3.8) is 0 Å². The molecule has 0 aliphatic rings. The van der Waals surface area contributed by atoms with Crippen molar-refractivity contribution in [1.82, 2.24) is 20.6 Å². The molecule has 2 aromatic carbocycles. The summed E-state index contributed by atoms with van der Waals surface area (Å²) in [6.07, 6.45) is 9.70. The van der Waals surface area contributed by atoms with Gasteiger partial charge in [-0.2, -0.15) is 0 Å². The van der Waals surface area contributed by atoms with Crippen LogP contribution in [0.1, 0.15) is 63.0 Å². The number of unbranched alkanes of at least 4 members (excludes halogenated alkanes) is 2. The molecule has 0 aliphatic heterocycles. The van der Waals surface area contributed by atoms with Gasteiger partial charge in [0.1, 0.15) is 11.8 Å². The van der Waals surface area contributed by atoms with Gasteiger partial charge in [0, 0.05) is 60.0 Å². The van der Waals surface area contributed by atoms with Gasteiger partial charge in [0.15, 0.2) is 0 Å². The second kappa shape index (κ2) is 13.6. The van der Waals surface area contributed by atoms with Gasteiger partial charge < -0.3 is 20.6 Å². The fraction of sp³-hybridized carbons (Fsp3) is 0.387. The molecule has 7 nitrogen and oxygen atoms in total. The summed E-state index contributed by atoms with van der Waals surface area (Å²) in [5.74, 6) is -0.0229. The number of amides is 2. The van der Waals surface area contributed by atoms with E-state index in [1.165, 1.54) is 0 Å². The minimum atomic E-state index is -0.588. The van der Waals surface area contributed by atoms with Crippen molar-refractivity contribution in [2.75, 3.05) is 6.54 Å². The summed E-state index contributed by atoms with van der Waals surface area (Å²) >= 11 is 0. The number of aromatic nitrogens is 2. The molecule has 2 aromatic heterocycles. The maximum absolute atomic E-state index is 13.1. The third-order valence-electron chi connectivity index (χ3n) is 7.16. The Morgan fingerprint density at radius 2 is 1.42 bits per heavy atom. The van der Waals surface area contributed by atoms with Crippen LogP contribution in [0.5, 0.6) is 0 Å². The highest BCUT2D eigenvalue weighted by Gasteiger charge is 2.20. The van der Waals surface area contributed by atoms with Crippen molar-refractivity contribution in [3.05, 3.63) is 72.1 Å². The van der Waals surface area contributed by atoms with Crippen molar-refractivity contribution in [2.24, 2.45) is 0 Å². The molecule has 2 amide bonds. The predicted octanol–water partition coefficient (Wildman–Crippen LogP) is 5.36. The molecule has 0 radical (unpaired) electrons. The molecular weight excluding hydrogens is 476 g/mol. The lowest BCUT2D eigenvalue weighted by Gasteiger charge is -2.18. The standard InChI is InChI=1S/C31H38N4O3/c1-2-24(36)10-4-3-5-15-29(31(38)32-19-18-23-21-34-28-14-9-7-12-26(23)28)35-30(37)17-16-22-20-33-27-13-8-6-11-25(22)27/h6-9,11-14,20-21,29,33-34H,2-5,10,15-19H2,1H3,(H,32,38)(H,35,37). The van der Waals surface area contributed by atoms with E-state index in [1.807, 2.05) is 61.8 Å². The normalized spacial score (nSPS) is 12.0. The number of carbonyl (C=O) groups excluding carboxylic acids is 3. The van der Waals surface area contributed by atoms with Crippen LogP contribution in [0.25, 0.3) is 21.8 Å². The zero-order valence-electron chi connectivity index (χ0n) is 22.1. The average molecular weight is 515 g/mol. The molecule has 4 rings (SSSR count). The van der Waals surface area contributed by atoms with Crippen LogP contribution in [0.15, 0.2) is 60.9 Å². The number of aryl methyl sites for hydroxylation is 1. The number of aromatic amines is 2. The number of hydrogen-bond acceptors (Lipinski definition) is 3. The van der Waals surface area contributed by atoms with E-state index in [4.69, 9.17) is 0 Å². The van der Waals surface area contributed by atoms with Crippen molar-refractivity contribution >= 4 is 39.4 Å². The number of H-pyrrole nitrogens is 2. The topological polar surface area (TPSA) is 107 Å². The Balaban J connectivity index is 1.30. The maximum atomic E-state index is 13.1. The van der Waals surface area contributed by atoms with Crippen LogP contribution in [-0.2, 0) is 27.2 Å². The summed E-state index contributed by atoms with van der Waals surface area (Å²) in [7, 11) is 0. The molecule has 0 saturated heterocycles. The Kier molecular flexibility index (Phi) is 9.73. The van der Waals surface area contributed by atoms with E-state index in [2.05, 4.69) is 26.7 Å². The number of hydrogen-bond donors (Lipinski definition) is 4. The lowest BCUT2D eigenvalue weighted by molar-refractivity contribution is -0.129. The van der Waals surface area contributed by atoms with Crippen LogP contribution in [0.2, 0.25) is 0 Å². The highest BCUT2D eigenvalue weighted by atomic mass is 16.2. The molecule has 7 heteroatoms. The predicted molar refractivity (Wildman–Crippen MR) is 152 cm³/mol. The minimum absolute atomic E-state index is 0.131. The SMILES string of the molecule is CCC(=O)CCCCCC(NC(=O)CCc1c[nH]c2ccccc12)C(=O)NCCc1c[nH]c2ccccc12. The summed E-state index contributed by atoms with van der Waals surface area (Å²) in [6, 6.07) is 15.6. The largest absolute Gasteiger partial charge is 0.361 e. The van der Waals surface area contributed by atoms with Gasteiger partial charge in [0.05, 0.1) is 0 Å². The van der Waals surface area contributed by atoms with Crippen LogP contribution < -0.4 is 10.6 Å². The molecule has 1 atom stereocenters. The third kappa shape index (κ3) is 7.34. The molecule has 4 aromatic rings. The van der Waals surface area contributed by atoms with Crippen molar-refractivity contribution < 1.29 is 14.4 Å². The van der Waals surface area contributed by atoms with Gasteiger partial charge in [0.2, 0.25) is 11.8 Å². The number of nitrogens with one attached hydrogen (secondary N) is 4. The summed E-state index contributed by atoms with van der Waals surface area (Å²) in [4.78, 5) is 44.1. The number of ketones is 1. The van der Waals surface area contributed by atoms with Crippen molar-refractivity contribution in [2.45, 2.75) is 70.8 Å². The van der Waals surface area contributed by atoms with Gasteiger partial charge in [-0.3, -0.25) is 14.4 Å². The zero-order valence-corrected chi connectivity index (χ0v) is 22.1. The summed E-state index contributed by atoms with van der Waals surface area (Å²) in [5.41, 5.74) is 4.38. The Bertz CT molecular complexity index is 1370. The van der Waals surface area contributed by atoms with Gasteiger partial charge >= 0.3 is 0 Å². The van der Waals surface area contributed by atoms with E-state index in [1.54, 1.807) is 0 Å². The number of benzene rings is 2. The Morgan fingerprint density at radius 3 is 2.08 bits per heavy atom. The molecule has 0 bridgehead atoms. The van der Waals surface area contributed by atoms with Crippen LogP contribution in [0, 0.1) is 0 Å². The zero-order chi connectivity index (χ0) is 26.7. The molecule has 200 valence electrons. The number of carbonyl (C=O) groups is 3. The number of rotatable bonds is 15. The van der Waals surface area contributed by atoms with E-state index >= 15 is 0 Å². The van der Waals surface area contributed by atoms with Crippen LogP contribution in [0.4, 0.5) is 0 Å². The monoisotopic (exact) mass is 514 g/mol. The summed E-state index contributed by atoms with van der Waals surface area (Å²) in [5, 5.41) is 8.28. The molecule has 1 unspecified atom stereocenters. The van der Waals surface area contributed by atoms with Gasteiger partial charge in [-0.1, -0.05) is 56.2 Å².